The molecule has 1 rings (SSSR count). The summed E-state index contributed by atoms with van der Waals surface area (Å²) in [5, 5.41) is 10.8. The van der Waals surface area contributed by atoms with Gasteiger partial charge in [0.2, 0.25) is 0 Å². The summed E-state index contributed by atoms with van der Waals surface area (Å²) in [6, 6.07) is 4.28. The van der Waals surface area contributed by atoms with E-state index < -0.39 is 10.9 Å². The number of nitrogens with zero attached hydrogens (tertiary/aromatic N) is 1. The Morgan fingerprint density at radius 2 is 2.16 bits per heavy atom. The lowest BCUT2D eigenvalue weighted by atomic mass is 10.2. The Kier molecular flexibility index (Phi) is 5.25. The Bertz CT molecular complexity index is 473. The second kappa shape index (κ2) is 6.69. The number of hydrogen-bond acceptors (Lipinski definition) is 6. The van der Waals surface area contributed by atoms with Crippen molar-refractivity contribution < 1.29 is 19.2 Å². The molecule has 0 atom stereocenters. The first-order valence-corrected chi connectivity index (χ1v) is 5.73. The van der Waals surface area contributed by atoms with Crippen LogP contribution in [0.1, 0.15) is 19.4 Å². The highest BCUT2D eigenvalue weighted by atomic mass is 16.6. The Morgan fingerprint density at radius 1 is 1.47 bits per heavy atom. The van der Waals surface area contributed by atoms with E-state index in [9.17, 15) is 14.9 Å². The van der Waals surface area contributed by atoms with Crippen LogP contribution in [0.3, 0.4) is 0 Å². The summed E-state index contributed by atoms with van der Waals surface area (Å²) in [6.07, 6.45) is -0.263. The first-order chi connectivity index (χ1) is 8.93. The number of benzene rings is 1. The lowest BCUT2D eigenvalue weighted by Crippen LogP contribution is -2.19. The fourth-order valence-electron chi connectivity index (χ4n) is 1.39. The smallest absolute Gasteiger partial charge is 0.344 e. The summed E-state index contributed by atoms with van der Waals surface area (Å²) in [5.74, 6) is -0.573. The number of rotatable bonds is 6. The second-order valence-electron chi connectivity index (χ2n) is 4.09. The van der Waals surface area contributed by atoms with Crippen molar-refractivity contribution in [3.8, 4) is 5.75 Å². The van der Waals surface area contributed by atoms with Gasteiger partial charge in [0.05, 0.1) is 11.0 Å². The molecule has 0 saturated carbocycles. The molecule has 0 amide bonds. The maximum Gasteiger partial charge on any atom is 0.344 e. The van der Waals surface area contributed by atoms with Gasteiger partial charge in [-0.25, -0.2) is 4.79 Å². The van der Waals surface area contributed by atoms with E-state index in [-0.39, 0.29) is 30.7 Å². The van der Waals surface area contributed by atoms with E-state index >= 15 is 0 Å². The van der Waals surface area contributed by atoms with Crippen molar-refractivity contribution in [3.63, 3.8) is 0 Å². The number of carbonyl (C=O) groups excluding carboxylic acids is 1. The number of nitrogens with two attached hydrogens (primary N) is 1. The van der Waals surface area contributed by atoms with Gasteiger partial charge in [0.15, 0.2) is 12.4 Å². The van der Waals surface area contributed by atoms with Crippen molar-refractivity contribution in [2.45, 2.75) is 26.5 Å². The van der Waals surface area contributed by atoms with Crippen molar-refractivity contribution in [1.29, 1.82) is 0 Å². The summed E-state index contributed by atoms with van der Waals surface area (Å²) < 4.78 is 10.0. The minimum Gasteiger partial charge on any atom is -0.475 e. The van der Waals surface area contributed by atoms with Crippen LogP contribution in [-0.4, -0.2) is 23.6 Å². The van der Waals surface area contributed by atoms with Crippen LogP contribution in [0.25, 0.3) is 0 Å². The lowest BCUT2D eigenvalue weighted by Gasteiger charge is -2.10. The van der Waals surface area contributed by atoms with Crippen molar-refractivity contribution in [2.24, 2.45) is 5.73 Å². The van der Waals surface area contributed by atoms with Gasteiger partial charge in [-0.2, -0.15) is 0 Å². The average Bonchev–Trinajstić information content (AvgIpc) is 2.34. The van der Waals surface area contributed by atoms with Gasteiger partial charge in [-0.15, -0.1) is 0 Å². The molecule has 0 aliphatic rings. The zero-order chi connectivity index (χ0) is 14.4. The zero-order valence-electron chi connectivity index (χ0n) is 10.8. The highest BCUT2D eigenvalue weighted by Crippen LogP contribution is 2.27. The molecule has 0 radical (unpaired) electrons. The van der Waals surface area contributed by atoms with Gasteiger partial charge in [0.25, 0.3) is 0 Å². The standard InChI is InChI=1S/C12H16N2O5/c1-8(2)19-12(15)7-18-11-5-9(6-13)3-4-10(11)14(16)17/h3-5,8H,6-7,13H2,1-2H3. The van der Waals surface area contributed by atoms with E-state index in [1.165, 1.54) is 18.2 Å². The number of ether oxygens (including phenoxy) is 2. The lowest BCUT2D eigenvalue weighted by molar-refractivity contribution is -0.385. The molecule has 0 aliphatic carbocycles. The van der Waals surface area contributed by atoms with Crippen molar-refractivity contribution in [2.75, 3.05) is 6.61 Å². The van der Waals surface area contributed by atoms with E-state index in [1.807, 2.05) is 0 Å². The fourth-order valence-corrected chi connectivity index (χ4v) is 1.39. The molecule has 104 valence electrons. The molecule has 0 unspecified atom stereocenters. The third kappa shape index (κ3) is 4.55. The zero-order valence-corrected chi connectivity index (χ0v) is 10.8. The summed E-state index contributed by atoms with van der Waals surface area (Å²) in [5.41, 5.74) is 5.91. The second-order valence-corrected chi connectivity index (χ2v) is 4.09. The molecule has 0 fully saturated rings. The molecular weight excluding hydrogens is 252 g/mol. The van der Waals surface area contributed by atoms with Crippen LogP contribution >= 0.6 is 0 Å². The monoisotopic (exact) mass is 268 g/mol. The topological polar surface area (TPSA) is 105 Å². The van der Waals surface area contributed by atoms with Crippen LogP contribution in [-0.2, 0) is 16.1 Å². The number of nitro benzene ring substituents is 1. The Hall–Kier alpha value is -2.15. The molecule has 0 bridgehead atoms. The molecule has 1 aromatic carbocycles. The highest BCUT2D eigenvalue weighted by Gasteiger charge is 2.17. The van der Waals surface area contributed by atoms with Crippen molar-refractivity contribution >= 4 is 11.7 Å². The summed E-state index contributed by atoms with van der Waals surface area (Å²) in [7, 11) is 0. The molecule has 2 N–H and O–H groups in total. The van der Waals surface area contributed by atoms with Gasteiger partial charge in [-0.1, -0.05) is 6.07 Å². The number of carbonyl (C=O) groups is 1. The fraction of sp³-hybridized carbons (Fsp3) is 0.417. The Morgan fingerprint density at radius 3 is 2.68 bits per heavy atom. The van der Waals surface area contributed by atoms with E-state index in [4.69, 9.17) is 15.2 Å². The maximum atomic E-state index is 11.3. The summed E-state index contributed by atoms with van der Waals surface area (Å²) in [4.78, 5) is 21.6. The maximum absolute atomic E-state index is 11.3. The first kappa shape index (κ1) is 14.9. The largest absolute Gasteiger partial charge is 0.475 e. The number of nitro groups is 1. The van der Waals surface area contributed by atoms with Crippen LogP contribution in [0.4, 0.5) is 5.69 Å². The SMILES string of the molecule is CC(C)OC(=O)COc1cc(CN)ccc1[N+](=O)[O-]. The molecule has 0 saturated heterocycles. The average molecular weight is 268 g/mol. The molecule has 7 heteroatoms. The molecule has 7 nitrogen and oxygen atoms in total. The van der Waals surface area contributed by atoms with Gasteiger partial charge >= 0.3 is 11.7 Å². The van der Waals surface area contributed by atoms with E-state index in [0.717, 1.165) is 0 Å². The van der Waals surface area contributed by atoms with Crippen LogP contribution in [0.2, 0.25) is 0 Å². The van der Waals surface area contributed by atoms with Crippen LogP contribution in [0.15, 0.2) is 18.2 Å². The van der Waals surface area contributed by atoms with Crippen LogP contribution < -0.4 is 10.5 Å². The number of hydrogen-bond donors (Lipinski definition) is 1. The van der Waals surface area contributed by atoms with Gasteiger partial charge in [-0.05, 0) is 25.5 Å². The van der Waals surface area contributed by atoms with E-state index in [2.05, 4.69) is 0 Å². The molecule has 0 spiro atoms. The predicted molar refractivity (Wildman–Crippen MR) is 67.7 cm³/mol. The third-order valence-electron chi connectivity index (χ3n) is 2.17. The van der Waals surface area contributed by atoms with Crippen molar-refractivity contribution in [1.82, 2.24) is 0 Å². The number of esters is 1. The van der Waals surface area contributed by atoms with Crippen LogP contribution in [0, 0.1) is 10.1 Å². The summed E-state index contributed by atoms with van der Waals surface area (Å²) >= 11 is 0. The molecule has 0 heterocycles. The van der Waals surface area contributed by atoms with Gasteiger partial charge in [0.1, 0.15) is 0 Å². The molecule has 0 aromatic heterocycles. The Labute approximate surface area is 110 Å². The normalized spacial score (nSPS) is 10.3. The predicted octanol–water partition coefficient (Wildman–Crippen LogP) is 1.38. The molecule has 0 aliphatic heterocycles. The minimum absolute atomic E-state index is 0.00801. The van der Waals surface area contributed by atoms with Crippen molar-refractivity contribution in [3.05, 3.63) is 33.9 Å². The van der Waals surface area contributed by atoms with Crippen LogP contribution in [0.5, 0.6) is 5.75 Å². The first-order valence-electron chi connectivity index (χ1n) is 5.73. The highest BCUT2D eigenvalue weighted by molar-refractivity contribution is 5.71. The van der Waals surface area contributed by atoms with E-state index in [1.54, 1.807) is 13.8 Å². The van der Waals surface area contributed by atoms with Gasteiger partial charge in [0, 0.05) is 12.6 Å². The van der Waals surface area contributed by atoms with Gasteiger partial charge < -0.3 is 15.2 Å². The quantitative estimate of drug-likeness (QED) is 0.474. The molecular formula is C12H16N2O5. The minimum atomic E-state index is -0.581. The third-order valence-corrected chi connectivity index (χ3v) is 2.17. The molecule has 1 aromatic rings. The molecule has 19 heavy (non-hydrogen) atoms. The Balaban J connectivity index is 2.80. The summed E-state index contributed by atoms with van der Waals surface area (Å²) in [6.45, 7) is 3.25. The van der Waals surface area contributed by atoms with E-state index in [0.29, 0.717) is 5.56 Å². The van der Waals surface area contributed by atoms with Gasteiger partial charge in [-0.3, -0.25) is 10.1 Å².